The van der Waals surface area contributed by atoms with Crippen LogP contribution in [0.5, 0.6) is 11.5 Å². The van der Waals surface area contributed by atoms with E-state index in [1.165, 1.54) is 0 Å². The first kappa shape index (κ1) is 13.3. The maximum absolute atomic E-state index is 5.94. The van der Waals surface area contributed by atoms with Gasteiger partial charge in [-0.1, -0.05) is 0 Å². The monoisotopic (exact) mass is 256 g/mol. The molecule has 2 aromatic carbocycles. The molecular formula is C16H20N2O. The number of hydrogen-bond donors (Lipinski definition) is 2. The van der Waals surface area contributed by atoms with Gasteiger partial charge >= 0.3 is 0 Å². The lowest BCUT2D eigenvalue weighted by molar-refractivity contribution is 0.481. The highest BCUT2D eigenvalue weighted by Gasteiger charge is 2.06. The third-order valence-electron chi connectivity index (χ3n) is 3.37. The molecule has 0 bridgehead atoms. The van der Waals surface area contributed by atoms with E-state index in [0.29, 0.717) is 0 Å². The summed E-state index contributed by atoms with van der Waals surface area (Å²) in [6.45, 7) is 7.92. The lowest BCUT2D eigenvalue weighted by atomic mass is 10.1. The lowest BCUT2D eigenvalue weighted by Gasteiger charge is -2.13. The van der Waals surface area contributed by atoms with E-state index in [4.69, 9.17) is 16.2 Å². The van der Waals surface area contributed by atoms with Gasteiger partial charge < -0.3 is 16.2 Å². The van der Waals surface area contributed by atoms with E-state index in [2.05, 4.69) is 0 Å². The van der Waals surface area contributed by atoms with Gasteiger partial charge in [-0.15, -0.1) is 0 Å². The molecule has 0 amide bonds. The fourth-order valence-electron chi connectivity index (χ4n) is 2.12. The quantitative estimate of drug-likeness (QED) is 0.802. The largest absolute Gasteiger partial charge is 0.457 e. The van der Waals surface area contributed by atoms with Gasteiger partial charge in [0.15, 0.2) is 0 Å². The molecule has 0 aliphatic rings. The van der Waals surface area contributed by atoms with Crippen molar-refractivity contribution in [2.45, 2.75) is 27.7 Å². The minimum Gasteiger partial charge on any atom is -0.457 e. The van der Waals surface area contributed by atoms with Crippen molar-refractivity contribution < 1.29 is 4.74 Å². The van der Waals surface area contributed by atoms with Crippen LogP contribution in [0, 0.1) is 27.7 Å². The molecule has 0 fully saturated rings. The molecule has 0 heterocycles. The topological polar surface area (TPSA) is 61.3 Å². The molecule has 0 aliphatic carbocycles. The first-order valence-corrected chi connectivity index (χ1v) is 6.29. The van der Waals surface area contributed by atoms with E-state index in [1.54, 1.807) is 0 Å². The molecule has 100 valence electrons. The number of nitrogens with two attached hydrogens (primary N) is 2. The highest BCUT2D eigenvalue weighted by atomic mass is 16.5. The first-order chi connectivity index (χ1) is 8.88. The summed E-state index contributed by atoms with van der Waals surface area (Å²) in [6, 6.07) is 7.79. The number of rotatable bonds is 2. The van der Waals surface area contributed by atoms with Crippen LogP contribution in [0.1, 0.15) is 22.3 Å². The van der Waals surface area contributed by atoms with Crippen LogP contribution in [0.15, 0.2) is 24.3 Å². The average Bonchev–Trinajstić information content (AvgIpc) is 2.33. The van der Waals surface area contributed by atoms with Crippen molar-refractivity contribution in [2.24, 2.45) is 0 Å². The van der Waals surface area contributed by atoms with E-state index in [0.717, 1.165) is 45.1 Å². The summed E-state index contributed by atoms with van der Waals surface area (Å²) < 4.78 is 5.90. The number of benzene rings is 2. The van der Waals surface area contributed by atoms with Crippen LogP contribution in [-0.2, 0) is 0 Å². The Hall–Kier alpha value is -2.16. The molecule has 0 radical (unpaired) electrons. The van der Waals surface area contributed by atoms with E-state index < -0.39 is 0 Å². The van der Waals surface area contributed by atoms with Crippen LogP contribution in [-0.4, -0.2) is 0 Å². The highest BCUT2D eigenvalue weighted by molar-refractivity contribution is 5.58. The average molecular weight is 256 g/mol. The van der Waals surface area contributed by atoms with Crippen molar-refractivity contribution in [1.29, 1.82) is 0 Å². The van der Waals surface area contributed by atoms with E-state index in [-0.39, 0.29) is 0 Å². The summed E-state index contributed by atoms with van der Waals surface area (Å²) in [5.74, 6) is 1.60. The number of anilines is 2. The maximum Gasteiger partial charge on any atom is 0.128 e. The van der Waals surface area contributed by atoms with Gasteiger partial charge in [-0.3, -0.25) is 0 Å². The van der Waals surface area contributed by atoms with Crippen LogP contribution in [0.4, 0.5) is 11.4 Å². The zero-order valence-electron chi connectivity index (χ0n) is 11.9. The Morgan fingerprint density at radius 2 is 0.895 bits per heavy atom. The van der Waals surface area contributed by atoms with Crippen molar-refractivity contribution in [2.75, 3.05) is 11.5 Å². The summed E-state index contributed by atoms with van der Waals surface area (Å²) in [5.41, 5.74) is 17.6. The minimum atomic E-state index is 0.799. The van der Waals surface area contributed by atoms with Gasteiger partial charge in [0.2, 0.25) is 0 Å². The summed E-state index contributed by atoms with van der Waals surface area (Å²) in [4.78, 5) is 0. The Morgan fingerprint density at radius 1 is 0.632 bits per heavy atom. The van der Waals surface area contributed by atoms with Crippen LogP contribution in [0.25, 0.3) is 0 Å². The molecule has 0 aromatic heterocycles. The van der Waals surface area contributed by atoms with Crippen LogP contribution >= 0.6 is 0 Å². The molecule has 3 heteroatoms. The molecule has 0 spiro atoms. The molecule has 4 N–H and O–H groups in total. The Morgan fingerprint density at radius 3 is 1.16 bits per heavy atom. The second-order valence-electron chi connectivity index (χ2n) is 5.04. The second kappa shape index (κ2) is 4.84. The normalized spacial score (nSPS) is 10.5. The van der Waals surface area contributed by atoms with Crippen molar-refractivity contribution in [1.82, 2.24) is 0 Å². The van der Waals surface area contributed by atoms with E-state index >= 15 is 0 Å². The van der Waals surface area contributed by atoms with Crippen molar-refractivity contribution in [3.63, 3.8) is 0 Å². The molecule has 2 rings (SSSR count). The Bertz CT molecular complexity index is 531. The lowest BCUT2D eigenvalue weighted by Crippen LogP contribution is -1.97. The van der Waals surface area contributed by atoms with E-state index in [9.17, 15) is 0 Å². The minimum absolute atomic E-state index is 0.799. The Kier molecular flexibility index (Phi) is 3.38. The van der Waals surface area contributed by atoms with Gasteiger partial charge in [0.1, 0.15) is 11.5 Å². The number of nitrogen functional groups attached to an aromatic ring is 2. The van der Waals surface area contributed by atoms with Gasteiger partial charge in [0.05, 0.1) is 0 Å². The fraction of sp³-hybridized carbons (Fsp3) is 0.250. The molecular weight excluding hydrogens is 236 g/mol. The van der Waals surface area contributed by atoms with Gasteiger partial charge in [-0.2, -0.15) is 0 Å². The number of aryl methyl sites for hydroxylation is 4. The molecule has 0 aliphatic heterocycles. The summed E-state index contributed by atoms with van der Waals surface area (Å²) >= 11 is 0. The Balaban J connectivity index is 2.36. The van der Waals surface area contributed by atoms with Crippen LogP contribution in [0.2, 0.25) is 0 Å². The molecule has 2 aromatic rings. The van der Waals surface area contributed by atoms with Gasteiger partial charge in [-0.05, 0) is 74.2 Å². The van der Waals surface area contributed by atoms with Crippen LogP contribution < -0.4 is 16.2 Å². The fourth-order valence-corrected chi connectivity index (χ4v) is 2.12. The van der Waals surface area contributed by atoms with Crippen LogP contribution in [0.3, 0.4) is 0 Å². The second-order valence-corrected chi connectivity index (χ2v) is 5.04. The third-order valence-corrected chi connectivity index (χ3v) is 3.37. The molecule has 0 saturated heterocycles. The predicted octanol–water partition coefficient (Wildman–Crippen LogP) is 3.88. The number of ether oxygens (including phenoxy) is 1. The number of hydrogen-bond acceptors (Lipinski definition) is 3. The maximum atomic E-state index is 5.94. The highest BCUT2D eigenvalue weighted by Crippen LogP contribution is 2.30. The summed E-state index contributed by atoms with van der Waals surface area (Å²) in [5, 5.41) is 0. The van der Waals surface area contributed by atoms with Crippen molar-refractivity contribution in [3.05, 3.63) is 46.5 Å². The van der Waals surface area contributed by atoms with E-state index in [1.807, 2.05) is 52.0 Å². The van der Waals surface area contributed by atoms with Gasteiger partial charge in [-0.25, -0.2) is 0 Å². The molecule has 3 nitrogen and oxygen atoms in total. The standard InChI is InChI=1S/C16H20N2O/c1-9-5-13(6-10(2)15(9)17)19-14-7-11(3)16(18)12(4)8-14/h5-8H,17-18H2,1-4H3. The predicted molar refractivity (Wildman–Crippen MR) is 80.7 cm³/mol. The smallest absolute Gasteiger partial charge is 0.128 e. The van der Waals surface area contributed by atoms with Crippen molar-refractivity contribution >= 4 is 11.4 Å². The third kappa shape index (κ3) is 2.65. The van der Waals surface area contributed by atoms with Gasteiger partial charge in [0.25, 0.3) is 0 Å². The SMILES string of the molecule is Cc1cc(Oc2cc(C)c(N)c(C)c2)cc(C)c1N. The zero-order valence-corrected chi connectivity index (χ0v) is 11.9. The molecule has 0 unspecified atom stereocenters. The molecule has 0 atom stereocenters. The molecule has 19 heavy (non-hydrogen) atoms. The Labute approximate surface area is 114 Å². The first-order valence-electron chi connectivity index (χ1n) is 6.29. The van der Waals surface area contributed by atoms with Gasteiger partial charge in [0, 0.05) is 11.4 Å². The zero-order chi connectivity index (χ0) is 14.2. The molecule has 0 saturated carbocycles. The summed E-state index contributed by atoms with van der Waals surface area (Å²) in [7, 11) is 0. The summed E-state index contributed by atoms with van der Waals surface area (Å²) in [6.07, 6.45) is 0. The van der Waals surface area contributed by atoms with Crippen molar-refractivity contribution in [3.8, 4) is 11.5 Å².